The summed E-state index contributed by atoms with van der Waals surface area (Å²) in [6.45, 7) is 0.357. The van der Waals surface area contributed by atoms with Crippen molar-refractivity contribution in [2.24, 2.45) is 5.14 Å². The summed E-state index contributed by atoms with van der Waals surface area (Å²) >= 11 is 1.26. The number of hydrogen-bond acceptors (Lipinski definition) is 11. The number of fused-ring (bicyclic) bond motifs is 1. The Balaban J connectivity index is 2.08. The van der Waals surface area contributed by atoms with Gasteiger partial charge in [-0.2, -0.15) is 0 Å². The van der Waals surface area contributed by atoms with Crippen LogP contribution in [0.4, 0.5) is 5.13 Å². The molecule has 2 heterocycles. The molecule has 0 spiro atoms. The van der Waals surface area contributed by atoms with Gasteiger partial charge in [0.2, 0.25) is 20.0 Å². The summed E-state index contributed by atoms with van der Waals surface area (Å²) in [7, 11) is -7.19. The highest BCUT2D eigenvalue weighted by Crippen LogP contribution is 2.41. The van der Waals surface area contributed by atoms with Crippen LogP contribution >= 0.6 is 11.3 Å². The molecule has 16 heteroatoms. The molecular weight excluding hydrogens is 490 g/mol. The van der Waals surface area contributed by atoms with E-state index < -0.39 is 29.8 Å². The molecule has 0 atom stereocenters. The Labute approximate surface area is 192 Å². The summed E-state index contributed by atoms with van der Waals surface area (Å²) in [6.07, 6.45) is 0. The topological polar surface area (TPSA) is 212 Å². The van der Waals surface area contributed by atoms with Gasteiger partial charge in [0.05, 0.1) is 15.8 Å². The maximum absolute atomic E-state index is 13.0. The molecule has 0 saturated heterocycles. The fourth-order valence-corrected chi connectivity index (χ4v) is 6.75. The van der Waals surface area contributed by atoms with Crippen molar-refractivity contribution >= 4 is 46.7 Å². The number of nitrogen functional groups attached to an aromatic ring is 1. The second kappa shape index (κ2) is 8.73. The van der Waals surface area contributed by atoms with Crippen LogP contribution in [-0.2, 0) is 20.0 Å². The van der Waals surface area contributed by atoms with Gasteiger partial charge >= 0.3 is 0 Å². The van der Waals surface area contributed by atoms with Crippen LogP contribution in [0.25, 0.3) is 32.7 Å². The van der Waals surface area contributed by atoms with Crippen LogP contribution in [0.1, 0.15) is 0 Å². The normalized spacial score (nSPS) is 12.4. The van der Waals surface area contributed by atoms with Crippen molar-refractivity contribution in [1.29, 1.82) is 0 Å². The zero-order valence-electron chi connectivity index (χ0n) is 17.1. The van der Waals surface area contributed by atoms with Crippen LogP contribution in [0.5, 0.6) is 0 Å². The molecule has 0 saturated carbocycles. The van der Waals surface area contributed by atoms with Crippen molar-refractivity contribution < 1.29 is 16.8 Å². The van der Waals surface area contributed by atoms with Gasteiger partial charge in [0.1, 0.15) is 9.79 Å². The van der Waals surface area contributed by atoms with E-state index >= 15 is 0 Å². The third-order valence-corrected chi connectivity index (χ3v) is 8.15. The van der Waals surface area contributed by atoms with E-state index in [9.17, 15) is 16.8 Å². The number of hydrogen-bond donors (Lipinski definition) is 5. The fraction of sp³-hybridized carbons (Fsp3) is 0.176. The first-order valence-electron chi connectivity index (χ1n) is 9.37. The number of benzene rings is 2. The smallest absolute Gasteiger partial charge is 0.241 e. The van der Waals surface area contributed by atoms with Crippen molar-refractivity contribution in [2.75, 3.05) is 25.9 Å². The van der Waals surface area contributed by atoms with Crippen LogP contribution in [0, 0.1) is 0 Å². The first-order chi connectivity index (χ1) is 15.6. The minimum Gasteiger partial charge on any atom is -0.375 e. The number of likely N-dealkylation sites (N-methyl/N-ethyl adjacent to an activating group) is 1. The van der Waals surface area contributed by atoms with E-state index in [1.54, 1.807) is 19.2 Å². The van der Waals surface area contributed by atoms with Gasteiger partial charge in [-0.05, 0) is 35.2 Å². The van der Waals surface area contributed by atoms with Crippen LogP contribution in [-0.4, -0.2) is 62.6 Å². The number of rotatable bonds is 8. The Bertz CT molecular complexity index is 1530. The number of H-pyrrole nitrogens is 1. The maximum atomic E-state index is 13.0. The number of tetrazole rings is 1. The molecular formula is C17H19N9O4S3. The van der Waals surface area contributed by atoms with E-state index in [4.69, 9.17) is 10.9 Å². The van der Waals surface area contributed by atoms with Gasteiger partial charge < -0.3 is 11.1 Å². The van der Waals surface area contributed by atoms with Gasteiger partial charge in [-0.3, -0.25) is 0 Å². The van der Waals surface area contributed by atoms with Gasteiger partial charge in [-0.25, -0.2) is 36.8 Å². The van der Waals surface area contributed by atoms with Crippen molar-refractivity contribution in [3.8, 4) is 22.5 Å². The number of nitrogens with two attached hydrogens (primary N) is 2. The van der Waals surface area contributed by atoms with Crippen LogP contribution in [0.15, 0.2) is 40.1 Å². The number of nitrogens with one attached hydrogen (secondary N) is 3. The second-order valence-corrected chi connectivity index (χ2v) is 11.1. The summed E-state index contributed by atoms with van der Waals surface area (Å²) in [4.78, 5) is 3.17. The van der Waals surface area contributed by atoms with Gasteiger partial charge in [0.25, 0.3) is 0 Å². The summed E-state index contributed by atoms with van der Waals surface area (Å²) in [6, 6.07) is 7.91. The third kappa shape index (κ3) is 4.43. The zero-order chi connectivity index (χ0) is 23.8. The quantitative estimate of drug-likeness (QED) is 0.198. The van der Waals surface area contributed by atoms with Gasteiger partial charge in [0.15, 0.2) is 11.0 Å². The lowest BCUT2D eigenvalue weighted by Gasteiger charge is -2.17. The highest BCUT2D eigenvalue weighted by Gasteiger charge is 2.32. The van der Waals surface area contributed by atoms with Crippen LogP contribution in [0.3, 0.4) is 0 Å². The molecule has 13 nitrogen and oxygen atoms in total. The molecule has 0 aliphatic heterocycles. The van der Waals surface area contributed by atoms with E-state index in [1.807, 2.05) is 6.07 Å². The Hall–Kier alpha value is -3.02. The third-order valence-electron chi connectivity index (χ3n) is 4.67. The van der Waals surface area contributed by atoms with E-state index in [0.717, 1.165) is 4.70 Å². The molecule has 0 bridgehead atoms. The Morgan fingerprint density at radius 3 is 2.55 bits per heavy atom. The largest absolute Gasteiger partial charge is 0.375 e. The predicted molar refractivity (Wildman–Crippen MR) is 123 cm³/mol. The predicted octanol–water partition coefficient (Wildman–Crippen LogP) is -0.129. The van der Waals surface area contributed by atoms with E-state index in [0.29, 0.717) is 28.3 Å². The molecule has 33 heavy (non-hydrogen) atoms. The van der Waals surface area contributed by atoms with E-state index in [1.165, 1.54) is 23.5 Å². The highest BCUT2D eigenvalue weighted by atomic mass is 32.2. The Morgan fingerprint density at radius 1 is 1.09 bits per heavy atom. The molecule has 0 radical (unpaired) electrons. The molecule has 0 unspecified atom stereocenters. The molecule has 2 aromatic heterocycles. The minimum atomic E-state index is -4.58. The molecule has 174 valence electrons. The molecule has 4 rings (SSSR count). The standard InChI is InChI=1S/C17H19N9O4S3/c1-20-7-8-21-33(29,30)12-6-5-9(10-3-2-4-11-14(10)22-17(18)31-11)13(15(12)32(19,27)28)16-23-25-26-24-16/h2-6,20-21H,7-8H2,1H3,(H2,18,22)(H2,19,27,28)(H,23,24,25,26). The van der Waals surface area contributed by atoms with Crippen molar-refractivity contribution in [2.45, 2.75) is 9.79 Å². The SMILES string of the molecule is CNCCNS(=O)(=O)c1ccc(-c2cccc3sc(N)nc23)c(-c2nnn[nH]2)c1S(N)(=O)=O. The first-order valence-corrected chi connectivity index (χ1v) is 13.2. The van der Waals surface area contributed by atoms with Crippen molar-refractivity contribution in [3.05, 3.63) is 30.3 Å². The summed E-state index contributed by atoms with van der Waals surface area (Å²) < 4.78 is 54.6. The van der Waals surface area contributed by atoms with Gasteiger partial charge in [-0.1, -0.05) is 29.5 Å². The molecule has 7 N–H and O–H groups in total. The number of nitrogens with zero attached hydrogens (tertiary/aromatic N) is 4. The number of sulfonamides is 2. The van der Waals surface area contributed by atoms with Gasteiger partial charge in [0, 0.05) is 18.7 Å². The molecule has 0 amide bonds. The average Bonchev–Trinajstić information content (AvgIpc) is 3.40. The second-order valence-electron chi connectivity index (χ2n) is 6.82. The lowest BCUT2D eigenvalue weighted by molar-refractivity contribution is 0.572. The Kier molecular flexibility index (Phi) is 6.12. The van der Waals surface area contributed by atoms with E-state index in [2.05, 4.69) is 35.6 Å². The van der Waals surface area contributed by atoms with Crippen LogP contribution in [0.2, 0.25) is 0 Å². The van der Waals surface area contributed by atoms with Crippen molar-refractivity contribution in [1.82, 2.24) is 35.6 Å². The molecule has 0 fully saturated rings. The number of para-hydroxylation sites is 1. The summed E-state index contributed by atoms with van der Waals surface area (Å²) in [5.41, 5.74) is 7.09. The molecule has 2 aromatic carbocycles. The Morgan fingerprint density at radius 2 is 1.88 bits per heavy atom. The molecule has 4 aromatic rings. The summed E-state index contributed by atoms with van der Waals surface area (Å²) in [5.74, 6) is -0.0819. The lowest BCUT2D eigenvalue weighted by atomic mass is 9.98. The van der Waals surface area contributed by atoms with E-state index in [-0.39, 0.29) is 17.9 Å². The lowest BCUT2D eigenvalue weighted by Crippen LogP contribution is -2.32. The molecule has 0 aliphatic carbocycles. The monoisotopic (exact) mass is 509 g/mol. The van der Waals surface area contributed by atoms with Crippen LogP contribution < -0.4 is 20.9 Å². The van der Waals surface area contributed by atoms with Gasteiger partial charge in [-0.15, -0.1) is 5.10 Å². The first kappa shape index (κ1) is 23.1. The number of primary sulfonamides is 1. The highest BCUT2D eigenvalue weighted by molar-refractivity contribution is 7.92. The molecule has 0 aliphatic rings. The minimum absolute atomic E-state index is 0.0290. The number of aromatic nitrogens is 5. The number of thiazole rings is 1. The fourth-order valence-electron chi connectivity index (χ4n) is 3.35. The number of aromatic amines is 1. The number of anilines is 1. The maximum Gasteiger partial charge on any atom is 0.241 e. The summed E-state index contributed by atoms with van der Waals surface area (Å²) in [5, 5.41) is 22.0. The average molecular weight is 510 g/mol. The van der Waals surface area contributed by atoms with Crippen molar-refractivity contribution in [3.63, 3.8) is 0 Å². The zero-order valence-corrected chi connectivity index (χ0v) is 19.6.